The van der Waals surface area contributed by atoms with Gasteiger partial charge in [-0.05, 0) is 61.4 Å². The highest BCUT2D eigenvalue weighted by Gasteiger charge is 2.31. The molecule has 3 aromatic carbocycles. The third kappa shape index (κ3) is 5.22. The van der Waals surface area contributed by atoms with Crippen LogP contribution in [0, 0.1) is 6.92 Å². The van der Waals surface area contributed by atoms with Crippen LogP contribution in [0.5, 0.6) is 0 Å². The predicted molar refractivity (Wildman–Crippen MR) is 148 cm³/mol. The molecule has 0 spiro atoms. The summed E-state index contributed by atoms with van der Waals surface area (Å²) < 4.78 is 30.7. The van der Waals surface area contributed by atoms with Crippen molar-refractivity contribution in [2.75, 3.05) is 0 Å². The van der Waals surface area contributed by atoms with E-state index in [1.165, 1.54) is 6.07 Å². The van der Waals surface area contributed by atoms with Crippen molar-refractivity contribution in [1.29, 1.82) is 0 Å². The molecule has 9 heteroatoms. The number of sulfonamides is 1. The number of rotatable bonds is 9. The Hall–Kier alpha value is -4.24. The van der Waals surface area contributed by atoms with Gasteiger partial charge < -0.3 is 5.11 Å². The molecule has 200 valence electrons. The van der Waals surface area contributed by atoms with Crippen LogP contribution in [0.3, 0.4) is 0 Å². The number of aryl methyl sites for hydroxylation is 2. The molecule has 1 saturated carbocycles. The standard InChI is InChI=1S/C30H29N3O5S/c1-3-17-33-28(27(30(35)36)19(2)31-33)24-16-15-22(18-25(24)20-13-14-20)23-11-7-8-12-26(23)39(37,38)32-29(34)21-9-5-4-6-10-21/h4-12,15-16,18,20H,3,13-14,17H2,1-2H3,(H,32,34)(H,35,36). The van der Waals surface area contributed by atoms with Gasteiger partial charge in [-0.25, -0.2) is 17.9 Å². The van der Waals surface area contributed by atoms with E-state index < -0.39 is 21.9 Å². The first-order valence-corrected chi connectivity index (χ1v) is 14.4. The molecule has 2 N–H and O–H groups in total. The Balaban J connectivity index is 1.60. The van der Waals surface area contributed by atoms with Gasteiger partial charge in [-0.1, -0.05) is 61.5 Å². The Labute approximate surface area is 227 Å². The molecule has 0 bridgehead atoms. The lowest BCUT2D eigenvalue weighted by atomic mass is 9.93. The average molecular weight is 544 g/mol. The summed E-state index contributed by atoms with van der Waals surface area (Å²) in [6.45, 7) is 4.30. The normalized spacial score (nSPS) is 13.3. The van der Waals surface area contributed by atoms with Crippen LogP contribution in [0.25, 0.3) is 22.4 Å². The summed E-state index contributed by atoms with van der Waals surface area (Å²) in [5, 5.41) is 14.5. The van der Waals surface area contributed by atoms with Crippen LogP contribution in [-0.4, -0.2) is 35.2 Å². The monoisotopic (exact) mass is 543 g/mol. The second-order valence-corrected chi connectivity index (χ2v) is 11.4. The largest absolute Gasteiger partial charge is 0.478 e. The van der Waals surface area contributed by atoms with E-state index in [0.717, 1.165) is 30.4 Å². The molecule has 1 heterocycles. The molecule has 0 unspecified atom stereocenters. The molecule has 8 nitrogen and oxygen atoms in total. The molecule has 0 radical (unpaired) electrons. The number of carboxylic acids is 1. The first-order chi connectivity index (χ1) is 18.7. The fraction of sp³-hybridized carbons (Fsp3) is 0.233. The summed E-state index contributed by atoms with van der Waals surface area (Å²) in [6.07, 6.45) is 2.73. The maximum absolute atomic E-state index is 13.4. The van der Waals surface area contributed by atoms with Crippen LogP contribution in [0.4, 0.5) is 0 Å². The molecule has 4 aromatic rings. The molecule has 39 heavy (non-hydrogen) atoms. The molecular weight excluding hydrogens is 514 g/mol. The SMILES string of the molecule is CCCn1nc(C)c(C(=O)O)c1-c1ccc(-c2ccccc2S(=O)(=O)NC(=O)c2ccccc2)cc1C1CC1. The van der Waals surface area contributed by atoms with E-state index in [9.17, 15) is 23.1 Å². The Morgan fingerprint density at radius 2 is 1.69 bits per heavy atom. The van der Waals surface area contributed by atoms with Crippen molar-refractivity contribution in [3.63, 3.8) is 0 Å². The van der Waals surface area contributed by atoms with E-state index in [1.54, 1.807) is 66.2 Å². The zero-order valence-electron chi connectivity index (χ0n) is 21.7. The number of carbonyl (C=O) groups is 2. The number of carboxylic acid groups (broad SMARTS) is 1. The summed E-state index contributed by atoms with van der Waals surface area (Å²) in [5.74, 6) is -1.49. The van der Waals surface area contributed by atoms with Crippen LogP contribution in [-0.2, 0) is 16.6 Å². The highest BCUT2D eigenvalue weighted by Crippen LogP contribution is 2.47. The molecule has 1 aromatic heterocycles. The van der Waals surface area contributed by atoms with E-state index in [0.29, 0.717) is 29.1 Å². The average Bonchev–Trinajstić information content (AvgIpc) is 3.72. The van der Waals surface area contributed by atoms with Crippen LogP contribution < -0.4 is 4.72 Å². The Bertz CT molecular complexity index is 1670. The minimum Gasteiger partial charge on any atom is -0.478 e. The van der Waals surface area contributed by atoms with Crippen LogP contribution >= 0.6 is 0 Å². The topological polar surface area (TPSA) is 118 Å². The van der Waals surface area contributed by atoms with E-state index in [-0.39, 0.29) is 21.9 Å². The third-order valence-corrected chi connectivity index (χ3v) is 8.24. The predicted octanol–water partition coefficient (Wildman–Crippen LogP) is 5.63. The summed E-state index contributed by atoms with van der Waals surface area (Å²) >= 11 is 0. The molecule has 1 amide bonds. The van der Waals surface area contributed by atoms with Crippen molar-refractivity contribution in [2.24, 2.45) is 0 Å². The van der Waals surface area contributed by atoms with Gasteiger partial charge in [0, 0.05) is 23.2 Å². The Kier molecular flexibility index (Phi) is 7.10. The second kappa shape index (κ2) is 10.5. The van der Waals surface area contributed by atoms with E-state index in [1.807, 2.05) is 19.1 Å². The Morgan fingerprint density at radius 1 is 1.00 bits per heavy atom. The highest BCUT2D eigenvalue weighted by atomic mass is 32.2. The number of aromatic nitrogens is 2. The fourth-order valence-electron chi connectivity index (χ4n) is 4.93. The summed E-state index contributed by atoms with van der Waals surface area (Å²) in [5.41, 5.74) is 4.35. The zero-order chi connectivity index (χ0) is 27.7. The van der Waals surface area contributed by atoms with Gasteiger partial charge in [-0.2, -0.15) is 5.10 Å². The van der Waals surface area contributed by atoms with Crippen molar-refractivity contribution in [2.45, 2.75) is 50.5 Å². The summed E-state index contributed by atoms with van der Waals surface area (Å²) in [4.78, 5) is 24.9. The van der Waals surface area contributed by atoms with Gasteiger partial charge in [-0.15, -0.1) is 0 Å². The van der Waals surface area contributed by atoms with Gasteiger partial charge >= 0.3 is 5.97 Å². The molecule has 0 atom stereocenters. The lowest BCUT2D eigenvalue weighted by molar-refractivity contribution is 0.0696. The summed E-state index contributed by atoms with van der Waals surface area (Å²) in [6, 6.07) is 20.4. The minimum absolute atomic E-state index is 0.0122. The van der Waals surface area contributed by atoms with Crippen LogP contribution in [0.1, 0.15) is 64.1 Å². The number of hydrogen-bond acceptors (Lipinski definition) is 5. The maximum atomic E-state index is 13.4. The number of nitrogens with one attached hydrogen (secondary N) is 1. The van der Waals surface area contributed by atoms with Crippen LogP contribution in [0.2, 0.25) is 0 Å². The van der Waals surface area contributed by atoms with Gasteiger partial charge in [0.05, 0.1) is 16.3 Å². The number of amides is 1. The number of benzene rings is 3. The molecule has 5 rings (SSSR count). The molecule has 1 aliphatic carbocycles. The van der Waals surface area contributed by atoms with Crippen molar-refractivity contribution < 1.29 is 23.1 Å². The molecule has 0 saturated heterocycles. The highest BCUT2D eigenvalue weighted by molar-refractivity contribution is 7.90. The molecular formula is C30H29N3O5S. The van der Waals surface area contributed by atoms with Gasteiger partial charge in [0.1, 0.15) is 5.56 Å². The van der Waals surface area contributed by atoms with Crippen molar-refractivity contribution in [1.82, 2.24) is 14.5 Å². The van der Waals surface area contributed by atoms with Crippen molar-refractivity contribution in [3.8, 4) is 22.4 Å². The minimum atomic E-state index is -4.19. The molecule has 0 aliphatic heterocycles. The third-order valence-electron chi connectivity index (χ3n) is 6.85. The number of aromatic carboxylic acids is 1. The van der Waals surface area contributed by atoms with Gasteiger partial charge in [0.25, 0.3) is 15.9 Å². The summed E-state index contributed by atoms with van der Waals surface area (Å²) in [7, 11) is -4.19. The van der Waals surface area contributed by atoms with Crippen molar-refractivity contribution in [3.05, 3.63) is 95.2 Å². The van der Waals surface area contributed by atoms with E-state index >= 15 is 0 Å². The lowest BCUT2D eigenvalue weighted by Gasteiger charge is -2.16. The lowest BCUT2D eigenvalue weighted by Crippen LogP contribution is -2.30. The quantitative estimate of drug-likeness (QED) is 0.282. The van der Waals surface area contributed by atoms with Crippen LogP contribution in [0.15, 0.2) is 77.7 Å². The van der Waals surface area contributed by atoms with E-state index in [2.05, 4.69) is 9.82 Å². The van der Waals surface area contributed by atoms with Gasteiger partial charge in [0.15, 0.2) is 0 Å². The number of nitrogens with zero attached hydrogens (tertiary/aromatic N) is 2. The second-order valence-electron chi connectivity index (χ2n) is 9.71. The Morgan fingerprint density at radius 3 is 2.36 bits per heavy atom. The number of carbonyl (C=O) groups excluding carboxylic acids is 1. The molecule has 1 aliphatic rings. The fourth-order valence-corrected chi connectivity index (χ4v) is 6.13. The maximum Gasteiger partial charge on any atom is 0.339 e. The van der Waals surface area contributed by atoms with E-state index in [4.69, 9.17) is 0 Å². The van der Waals surface area contributed by atoms with Gasteiger partial charge in [0.2, 0.25) is 0 Å². The zero-order valence-corrected chi connectivity index (χ0v) is 22.5. The first-order valence-electron chi connectivity index (χ1n) is 12.9. The van der Waals surface area contributed by atoms with Gasteiger partial charge in [-0.3, -0.25) is 9.48 Å². The smallest absolute Gasteiger partial charge is 0.339 e. The number of hydrogen-bond donors (Lipinski definition) is 2. The first kappa shape index (κ1) is 26.4. The van der Waals surface area contributed by atoms with Crippen molar-refractivity contribution >= 4 is 21.9 Å². The molecule has 1 fully saturated rings.